The zero-order valence-electron chi connectivity index (χ0n) is 14.7. The van der Waals surface area contributed by atoms with Crippen molar-refractivity contribution in [2.75, 3.05) is 36.4 Å². The third kappa shape index (κ3) is 4.41. The Bertz CT molecular complexity index is 724. The lowest BCUT2D eigenvalue weighted by molar-refractivity contribution is -0.120. The molecular weight excluding hydrogens is 378 g/mol. The third-order valence-corrected chi connectivity index (χ3v) is 5.34. The molecule has 1 amide bonds. The molecule has 0 saturated carbocycles. The lowest BCUT2D eigenvalue weighted by Crippen LogP contribution is -2.53. The molecule has 1 aliphatic rings. The summed E-state index contributed by atoms with van der Waals surface area (Å²) in [5.41, 5.74) is 3.43. The number of hydrogen-bond donors (Lipinski definition) is 1. The number of rotatable bonds is 4. The van der Waals surface area contributed by atoms with Crippen LogP contribution in [0.5, 0.6) is 0 Å². The number of para-hydroxylation sites is 1. The van der Waals surface area contributed by atoms with Crippen LogP contribution < -0.4 is 10.2 Å². The van der Waals surface area contributed by atoms with Gasteiger partial charge in [0.2, 0.25) is 5.91 Å². The van der Waals surface area contributed by atoms with E-state index < -0.39 is 0 Å². The fourth-order valence-electron chi connectivity index (χ4n) is 3.21. The van der Waals surface area contributed by atoms with Crippen LogP contribution in [-0.2, 0) is 4.79 Å². The summed E-state index contributed by atoms with van der Waals surface area (Å²) in [6, 6.07) is 16.0. The van der Waals surface area contributed by atoms with Gasteiger partial charge >= 0.3 is 0 Å². The average molecular weight is 402 g/mol. The van der Waals surface area contributed by atoms with E-state index in [0.717, 1.165) is 36.3 Å². The first kappa shape index (κ1) is 18.0. The zero-order chi connectivity index (χ0) is 17.8. The fourth-order valence-corrected chi connectivity index (χ4v) is 3.48. The number of halogens is 1. The van der Waals surface area contributed by atoms with Crippen LogP contribution in [0, 0.1) is 6.92 Å². The number of carbonyl (C=O) groups is 1. The van der Waals surface area contributed by atoms with Crippen molar-refractivity contribution in [3.63, 3.8) is 0 Å². The summed E-state index contributed by atoms with van der Waals surface area (Å²) in [6.45, 7) is 7.81. The van der Waals surface area contributed by atoms with Gasteiger partial charge in [0.15, 0.2) is 0 Å². The third-order valence-electron chi connectivity index (χ3n) is 4.81. The molecule has 1 atom stereocenters. The smallest absolute Gasteiger partial charge is 0.241 e. The SMILES string of the molecule is Cc1ccccc1N1CCN([C@H](C)C(=O)Nc2ccc(Br)cc2)CC1. The maximum Gasteiger partial charge on any atom is 0.241 e. The fraction of sp³-hybridized carbons (Fsp3) is 0.350. The second kappa shape index (κ2) is 8.02. The molecule has 0 bridgehead atoms. The zero-order valence-corrected chi connectivity index (χ0v) is 16.3. The van der Waals surface area contributed by atoms with Gasteiger partial charge in [-0.05, 0) is 49.7 Å². The van der Waals surface area contributed by atoms with Crippen LogP contribution in [0.3, 0.4) is 0 Å². The number of aryl methyl sites for hydroxylation is 1. The number of piperazine rings is 1. The molecule has 1 N–H and O–H groups in total. The van der Waals surface area contributed by atoms with Crippen molar-refractivity contribution < 1.29 is 4.79 Å². The molecule has 2 aromatic carbocycles. The summed E-state index contributed by atoms with van der Waals surface area (Å²) >= 11 is 3.41. The molecule has 132 valence electrons. The van der Waals surface area contributed by atoms with Crippen LogP contribution in [-0.4, -0.2) is 43.0 Å². The molecule has 25 heavy (non-hydrogen) atoms. The van der Waals surface area contributed by atoms with E-state index in [9.17, 15) is 4.79 Å². The van der Waals surface area contributed by atoms with E-state index in [2.05, 4.69) is 62.2 Å². The van der Waals surface area contributed by atoms with E-state index in [0.29, 0.717) is 0 Å². The van der Waals surface area contributed by atoms with Gasteiger partial charge in [0.25, 0.3) is 0 Å². The van der Waals surface area contributed by atoms with Gasteiger partial charge in [0.05, 0.1) is 6.04 Å². The van der Waals surface area contributed by atoms with Crippen LogP contribution in [0.4, 0.5) is 11.4 Å². The van der Waals surface area contributed by atoms with Crippen LogP contribution in [0.15, 0.2) is 53.0 Å². The Morgan fingerprint density at radius 2 is 1.68 bits per heavy atom. The number of carbonyl (C=O) groups excluding carboxylic acids is 1. The molecule has 1 aliphatic heterocycles. The van der Waals surface area contributed by atoms with Crippen molar-refractivity contribution in [3.05, 3.63) is 58.6 Å². The highest BCUT2D eigenvalue weighted by molar-refractivity contribution is 9.10. The monoisotopic (exact) mass is 401 g/mol. The average Bonchev–Trinajstić information content (AvgIpc) is 2.63. The number of anilines is 2. The first-order valence-electron chi connectivity index (χ1n) is 8.65. The number of amides is 1. The highest BCUT2D eigenvalue weighted by Crippen LogP contribution is 2.21. The quantitative estimate of drug-likeness (QED) is 0.843. The lowest BCUT2D eigenvalue weighted by Gasteiger charge is -2.39. The Morgan fingerprint density at radius 1 is 1.04 bits per heavy atom. The lowest BCUT2D eigenvalue weighted by atomic mass is 10.1. The molecule has 1 fully saturated rings. The Morgan fingerprint density at radius 3 is 2.32 bits per heavy atom. The molecule has 2 aromatic rings. The normalized spacial score (nSPS) is 16.5. The van der Waals surface area contributed by atoms with Gasteiger partial charge in [-0.2, -0.15) is 0 Å². The first-order chi connectivity index (χ1) is 12.0. The summed E-state index contributed by atoms with van der Waals surface area (Å²) in [6.07, 6.45) is 0. The van der Waals surface area contributed by atoms with Gasteiger partial charge in [-0.25, -0.2) is 0 Å². The van der Waals surface area contributed by atoms with Gasteiger partial charge in [0, 0.05) is 42.0 Å². The van der Waals surface area contributed by atoms with Crippen molar-refractivity contribution in [1.29, 1.82) is 0 Å². The molecule has 0 aromatic heterocycles. The van der Waals surface area contributed by atoms with Crippen LogP contribution in [0.1, 0.15) is 12.5 Å². The van der Waals surface area contributed by atoms with Crippen molar-refractivity contribution in [2.24, 2.45) is 0 Å². The van der Waals surface area contributed by atoms with Gasteiger partial charge in [-0.1, -0.05) is 34.1 Å². The van der Waals surface area contributed by atoms with Gasteiger partial charge in [-0.15, -0.1) is 0 Å². The van der Waals surface area contributed by atoms with E-state index in [-0.39, 0.29) is 11.9 Å². The Kier molecular flexibility index (Phi) is 5.76. The van der Waals surface area contributed by atoms with E-state index in [1.54, 1.807) is 0 Å². The molecule has 0 spiro atoms. The largest absolute Gasteiger partial charge is 0.369 e. The molecule has 0 radical (unpaired) electrons. The van der Waals surface area contributed by atoms with Crippen LogP contribution in [0.25, 0.3) is 0 Å². The number of nitrogens with zero attached hydrogens (tertiary/aromatic N) is 2. The van der Waals surface area contributed by atoms with Crippen molar-refractivity contribution in [3.8, 4) is 0 Å². The highest BCUT2D eigenvalue weighted by Gasteiger charge is 2.26. The Labute approximate surface area is 158 Å². The molecule has 0 unspecified atom stereocenters. The second-order valence-corrected chi connectivity index (χ2v) is 7.40. The molecule has 0 aliphatic carbocycles. The van der Waals surface area contributed by atoms with Crippen molar-refractivity contribution in [1.82, 2.24) is 4.90 Å². The maximum atomic E-state index is 12.5. The first-order valence-corrected chi connectivity index (χ1v) is 9.45. The van der Waals surface area contributed by atoms with Crippen molar-refractivity contribution >= 4 is 33.2 Å². The van der Waals surface area contributed by atoms with Crippen molar-refractivity contribution in [2.45, 2.75) is 19.9 Å². The van der Waals surface area contributed by atoms with Gasteiger partial charge in [-0.3, -0.25) is 9.69 Å². The molecule has 3 rings (SSSR count). The van der Waals surface area contributed by atoms with Gasteiger partial charge < -0.3 is 10.2 Å². The van der Waals surface area contributed by atoms with E-state index in [4.69, 9.17) is 0 Å². The summed E-state index contributed by atoms with van der Waals surface area (Å²) in [4.78, 5) is 17.2. The summed E-state index contributed by atoms with van der Waals surface area (Å²) in [7, 11) is 0. The van der Waals surface area contributed by atoms with Gasteiger partial charge in [0.1, 0.15) is 0 Å². The number of hydrogen-bond acceptors (Lipinski definition) is 3. The van der Waals surface area contributed by atoms with E-state index >= 15 is 0 Å². The standard InChI is InChI=1S/C20H24BrN3O/c1-15-5-3-4-6-19(15)24-13-11-23(12-14-24)16(2)20(25)22-18-9-7-17(21)8-10-18/h3-10,16H,11-14H2,1-2H3,(H,22,25)/t16-/m1/s1. The van der Waals surface area contributed by atoms with E-state index in [1.165, 1.54) is 11.3 Å². The minimum absolute atomic E-state index is 0.0478. The molecular formula is C20H24BrN3O. The van der Waals surface area contributed by atoms with Crippen LogP contribution in [0.2, 0.25) is 0 Å². The predicted molar refractivity (Wildman–Crippen MR) is 107 cm³/mol. The minimum atomic E-state index is -0.136. The molecule has 5 heteroatoms. The summed E-state index contributed by atoms with van der Waals surface area (Å²) in [5.74, 6) is 0.0478. The van der Waals surface area contributed by atoms with E-state index in [1.807, 2.05) is 31.2 Å². The topological polar surface area (TPSA) is 35.6 Å². The summed E-state index contributed by atoms with van der Waals surface area (Å²) in [5, 5.41) is 3.00. The predicted octanol–water partition coefficient (Wildman–Crippen LogP) is 3.91. The highest BCUT2D eigenvalue weighted by atomic mass is 79.9. The van der Waals surface area contributed by atoms with Crippen LogP contribution >= 0.6 is 15.9 Å². The number of nitrogens with one attached hydrogen (secondary N) is 1. The second-order valence-electron chi connectivity index (χ2n) is 6.48. The molecule has 4 nitrogen and oxygen atoms in total. The summed E-state index contributed by atoms with van der Waals surface area (Å²) < 4.78 is 1.01. The number of benzene rings is 2. The minimum Gasteiger partial charge on any atom is -0.369 e. The Hall–Kier alpha value is -1.85. The Balaban J connectivity index is 1.56. The molecule has 1 saturated heterocycles. The maximum absolute atomic E-state index is 12.5. The molecule has 1 heterocycles.